The summed E-state index contributed by atoms with van der Waals surface area (Å²) >= 11 is 12.1. The number of ether oxygens (including phenoxy) is 1. The summed E-state index contributed by atoms with van der Waals surface area (Å²) in [5.74, 6) is -1.47. The van der Waals surface area contributed by atoms with Crippen LogP contribution in [0.3, 0.4) is 0 Å². The summed E-state index contributed by atoms with van der Waals surface area (Å²) in [4.78, 5) is 38.9. The Labute approximate surface area is 185 Å². The molecule has 0 spiro atoms. The molecular formula is C22H24Cl2N2O4. The van der Waals surface area contributed by atoms with Gasteiger partial charge in [0.05, 0.1) is 16.9 Å². The second-order valence-corrected chi connectivity index (χ2v) is 9.22. The van der Waals surface area contributed by atoms with Crippen LogP contribution in [0.15, 0.2) is 29.3 Å². The van der Waals surface area contributed by atoms with Crippen LogP contribution in [0, 0.1) is 23.7 Å². The van der Waals surface area contributed by atoms with E-state index in [2.05, 4.69) is 5.43 Å². The van der Waals surface area contributed by atoms with Crippen LogP contribution in [-0.4, -0.2) is 28.8 Å². The fraction of sp³-hybridized carbons (Fsp3) is 0.500. The minimum atomic E-state index is -0.924. The summed E-state index contributed by atoms with van der Waals surface area (Å²) < 4.78 is 5.73. The molecule has 1 aromatic rings. The van der Waals surface area contributed by atoms with Crippen molar-refractivity contribution in [1.29, 1.82) is 0 Å². The molecule has 0 radical (unpaired) electrons. The van der Waals surface area contributed by atoms with Gasteiger partial charge >= 0.3 is 0 Å². The van der Waals surface area contributed by atoms with Crippen LogP contribution < -0.4 is 10.2 Å². The summed E-state index contributed by atoms with van der Waals surface area (Å²) in [5, 5.41) is 1.66. The monoisotopic (exact) mass is 450 g/mol. The fourth-order valence-corrected chi connectivity index (χ4v) is 5.65. The van der Waals surface area contributed by atoms with Gasteiger partial charge in [0.2, 0.25) is 0 Å². The maximum absolute atomic E-state index is 13.0. The molecule has 2 saturated carbocycles. The normalized spacial score (nSPS) is 28.0. The molecule has 1 aromatic carbocycles. The number of rotatable bonds is 5. The first-order chi connectivity index (χ1) is 14.2. The molecule has 3 amide bonds. The standard InChI is InChI=1S/C22H24Cl2N2O4/c1-4-15(30-16-9-11(23)5-8-14(16)24)20(27)25-26-21(28)18-12-6-7-13(17(12)10(2)3)19(18)22(26)29/h5,8-9,12-13,15,18-19H,4,6-7H2,1-3H3,(H,25,27)/t12-,13-,15-,18-,19-/m0/s1. The SMILES string of the molecule is CC[C@H](Oc1cc(Cl)ccc1Cl)C(=O)NN1C(=O)[C@@H]2[C@@H](C1=O)[C@H]1CC[C@H]2C1=C(C)C. The highest BCUT2D eigenvalue weighted by atomic mass is 35.5. The van der Waals surface area contributed by atoms with Gasteiger partial charge in [-0.1, -0.05) is 41.3 Å². The zero-order valence-electron chi connectivity index (χ0n) is 17.1. The topological polar surface area (TPSA) is 75.7 Å². The number of nitrogens with zero attached hydrogens (tertiary/aromatic N) is 1. The third-order valence-corrected chi connectivity index (χ3v) is 7.02. The third kappa shape index (κ3) is 3.30. The van der Waals surface area contributed by atoms with E-state index in [1.54, 1.807) is 19.1 Å². The van der Waals surface area contributed by atoms with Gasteiger partial charge in [0.1, 0.15) is 5.75 Å². The van der Waals surface area contributed by atoms with E-state index >= 15 is 0 Å². The summed E-state index contributed by atoms with van der Waals surface area (Å²) in [6, 6.07) is 4.72. The van der Waals surface area contributed by atoms with Gasteiger partial charge in [0.25, 0.3) is 17.7 Å². The molecule has 1 heterocycles. The molecule has 1 N–H and O–H groups in total. The van der Waals surface area contributed by atoms with Gasteiger partial charge in [0, 0.05) is 11.1 Å². The van der Waals surface area contributed by atoms with Crippen LogP contribution in [0.2, 0.25) is 10.0 Å². The molecule has 0 aromatic heterocycles. The van der Waals surface area contributed by atoms with Crippen LogP contribution in [-0.2, 0) is 14.4 Å². The molecule has 3 aliphatic rings. The van der Waals surface area contributed by atoms with Crippen molar-refractivity contribution < 1.29 is 19.1 Å². The number of nitrogens with one attached hydrogen (secondary N) is 1. The molecule has 5 atom stereocenters. The van der Waals surface area contributed by atoms with Crippen molar-refractivity contribution in [3.63, 3.8) is 0 Å². The quantitative estimate of drug-likeness (QED) is 0.539. The lowest BCUT2D eigenvalue weighted by Gasteiger charge is -2.23. The number of carbonyl (C=O) groups is 3. The van der Waals surface area contributed by atoms with Crippen molar-refractivity contribution in [1.82, 2.24) is 10.4 Å². The number of hydrogen-bond acceptors (Lipinski definition) is 4. The highest BCUT2D eigenvalue weighted by Gasteiger charge is 2.63. The number of halogens is 2. The van der Waals surface area contributed by atoms with Crippen molar-refractivity contribution in [2.45, 2.75) is 46.1 Å². The Bertz CT molecular complexity index is 924. The largest absolute Gasteiger partial charge is 0.479 e. The average Bonchev–Trinajstić information content (AvgIpc) is 3.34. The lowest BCUT2D eigenvalue weighted by molar-refractivity contribution is -0.151. The maximum Gasteiger partial charge on any atom is 0.279 e. The zero-order valence-corrected chi connectivity index (χ0v) is 18.6. The Kier molecular flexibility index (Phi) is 5.58. The lowest BCUT2D eigenvalue weighted by Crippen LogP contribution is -2.51. The molecule has 6 nitrogen and oxygen atoms in total. The Balaban J connectivity index is 1.50. The first kappa shape index (κ1) is 21.2. The van der Waals surface area contributed by atoms with Gasteiger partial charge in [-0.25, -0.2) is 0 Å². The fourth-order valence-electron chi connectivity index (χ4n) is 5.33. The van der Waals surface area contributed by atoms with E-state index in [0.29, 0.717) is 16.5 Å². The van der Waals surface area contributed by atoms with Gasteiger partial charge in [0.15, 0.2) is 6.10 Å². The smallest absolute Gasteiger partial charge is 0.279 e. The minimum absolute atomic E-state index is 0.104. The molecule has 1 aliphatic heterocycles. The van der Waals surface area contributed by atoms with E-state index in [1.807, 2.05) is 13.8 Å². The predicted octanol–water partition coefficient (Wildman–Crippen LogP) is 4.16. The molecule has 4 rings (SSSR count). The molecule has 3 fully saturated rings. The Hall–Kier alpha value is -2.05. The number of hydrogen-bond donors (Lipinski definition) is 1. The second-order valence-electron chi connectivity index (χ2n) is 8.37. The van der Waals surface area contributed by atoms with Crippen molar-refractivity contribution >= 4 is 40.9 Å². The van der Waals surface area contributed by atoms with Crippen LogP contribution in [0.25, 0.3) is 0 Å². The number of hydrazine groups is 1. The first-order valence-corrected chi connectivity index (χ1v) is 11.0. The molecule has 30 heavy (non-hydrogen) atoms. The van der Waals surface area contributed by atoms with Gasteiger partial charge in [-0.05, 0) is 57.1 Å². The van der Waals surface area contributed by atoms with Crippen LogP contribution in [0.4, 0.5) is 0 Å². The van der Waals surface area contributed by atoms with Gasteiger partial charge in [-0.15, -0.1) is 0 Å². The number of allylic oxidation sites excluding steroid dienone is 2. The van der Waals surface area contributed by atoms with E-state index in [1.165, 1.54) is 17.2 Å². The maximum atomic E-state index is 13.0. The van der Waals surface area contributed by atoms with Crippen molar-refractivity contribution in [3.05, 3.63) is 39.4 Å². The molecule has 2 aliphatic carbocycles. The molecule has 8 heteroatoms. The Morgan fingerprint density at radius 2 is 1.77 bits per heavy atom. The van der Waals surface area contributed by atoms with Crippen molar-refractivity contribution in [2.24, 2.45) is 23.7 Å². The van der Waals surface area contributed by atoms with Crippen LogP contribution in [0.5, 0.6) is 5.75 Å². The van der Waals surface area contributed by atoms with E-state index in [0.717, 1.165) is 17.9 Å². The predicted molar refractivity (Wildman–Crippen MR) is 113 cm³/mol. The summed E-state index contributed by atoms with van der Waals surface area (Å²) in [6.45, 7) is 5.85. The van der Waals surface area contributed by atoms with E-state index in [-0.39, 0.29) is 41.2 Å². The molecule has 2 bridgehead atoms. The highest BCUT2D eigenvalue weighted by molar-refractivity contribution is 6.34. The Morgan fingerprint density at radius 3 is 2.30 bits per heavy atom. The lowest BCUT2D eigenvalue weighted by atomic mass is 9.81. The molecular weight excluding hydrogens is 427 g/mol. The molecule has 0 unspecified atom stereocenters. The van der Waals surface area contributed by atoms with Gasteiger partial charge in [-0.2, -0.15) is 5.01 Å². The van der Waals surface area contributed by atoms with Gasteiger partial charge in [-0.3, -0.25) is 19.8 Å². The molecule has 160 valence electrons. The minimum Gasteiger partial charge on any atom is -0.479 e. The third-order valence-electron chi connectivity index (χ3n) is 6.48. The van der Waals surface area contributed by atoms with E-state index in [4.69, 9.17) is 27.9 Å². The molecule has 1 saturated heterocycles. The summed E-state index contributed by atoms with van der Waals surface area (Å²) in [5.41, 5.74) is 4.97. The van der Waals surface area contributed by atoms with E-state index < -0.39 is 12.0 Å². The summed E-state index contributed by atoms with van der Waals surface area (Å²) in [7, 11) is 0. The van der Waals surface area contributed by atoms with Gasteiger partial charge < -0.3 is 4.74 Å². The number of carbonyl (C=O) groups excluding carboxylic acids is 3. The number of benzene rings is 1. The Morgan fingerprint density at radius 1 is 1.17 bits per heavy atom. The van der Waals surface area contributed by atoms with Crippen molar-refractivity contribution in [3.8, 4) is 5.75 Å². The van der Waals surface area contributed by atoms with Crippen LogP contribution in [0.1, 0.15) is 40.0 Å². The average molecular weight is 451 g/mol. The van der Waals surface area contributed by atoms with Crippen molar-refractivity contribution in [2.75, 3.05) is 0 Å². The number of fused-ring (bicyclic) bond motifs is 5. The first-order valence-electron chi connectivity index (χ1n) is 10.2. The number of amides is 3. The van der Waals surface area contributed by atoms with Crippen LogP contribution >= 0.6 is 23.2 Å². The summed E-state index contributed by atoms with van der Waals surface area (Å²) in [6.07, 6.45) is 1.24. The zero-order chi connectivity index (χ0) is 21.7. The highest BCUT2D eigenvalue weighted by Crippen LogP contribution is 2.59. The van der Waals surface area contributed by atoms with E-state index in [9.17, 15) is 14.4 Å². The number of imide groups is 1. The second kappa shape index (κ2) is 7.89.